The molecule has 0 spiro atoms. The molecule has 0 aliphatic heterocycles. The molecule has 0 unspecified atom stereocenters. The maximum absolute atomic E-state index is 11.8. The molecule has 0 saturated carbocycles. The van der Waals surface area contributed by atoms with Crippen LogP contribution in [0.15, 0.2) is 30.5 Å². The standard InChI is InChI=1S/C12H15N5O2/c13-5-11-6-17(16-15-11)7-12(19)14-10-3-1-9(8-18)2-4-10/h1-4,6,18H,5,7-8,13H2,(H,14,19). The summed E-state index contributed by atoms with van der Waals surface area (Å²) in [4.78, 5) is 11.8. The van der Waals surface area contributed by atoms with Crippen molar-refractivity contribution in [3.05, 3.63) is 41.7 Å². The highest BCUT2D eigenvalue weighted by Gasteiger charge is 2.06. The van der Waals surface area contributed by atoms with Gasteiger partial charge in [0.05, 0.1) is 18.5 Å². The van der Waals surface area contributed by atoms with Gasteiger partial charge in [-0.2, -0.15) is 0 Å². The minimum absolute atomic E-state index is 0.0188. The molecular formula is C12H15N5O2. The van der Waals surface area contributed by atoms with Crippen molar-refractivity contribution in [1.82, 2.24) is 15.0 Å². The number of hydrogen-bond acceptors (Lipinski definition) is 5. The summed E-state index contributed by atoms with van der Waals surface area (Å²) in [6.07, 6.45) is 1.63. The first-order valence-electron chi connectivity index (χ1n) is 5.80. The summed E-state index contributed by atoms with van der Waals surface area (Å²) in [6, 6.07) is 6.96. The van der Waals surface area contributed by atoms with Gasteiger partial charge in [0, 0.05) is 12.2 Å². The second-order valence-electron chi connectivity index (χ2n) is 4.01. The Bertz CT molecular complexity index is 550. The second-order valence-corrected chi connectivity index (χ2v) is 4.01. The lowest BCUT2D eigenvalue weighted by Gasteiger charge is -2.05. The van der Waals surface area contributed by atoms with Crippen LogP contribution in [-0.4, -0.2) is 26.0 Å². The smallest absolute Gasteiger partial charge is 0.246 e. The summed E-state index contributed by atoms with van der Waals surface area (Å²) >= 11 is 0. The van der Waals surface area contributed by atoms with E-state index in [0.717, 1.165) is 5.56 Å². The number of anilines is 1. The fourth-order valence-corrected chi connectivity index (χ4v) is 1.55. The molecule has 0 aliphatic carbocycles. The van der Waals surface area contributed by atoms with E-state index in [1.54, 1.807) is 30.5 Å². The normalized spacial score (nSPS) is 10.4. The zero-order valence-corrected chi connectivity index (χ0v) is 10.3. The number of nitrogens with zero attached hydrogens (tertiary/aromatic N) is 3. The third kappa shape index (κ3) is 3.60. The number of benzene rings is 1. The lowest BCUT2D eigenvalue weighted by Crippen LogP contribution is -2.19. The zero-order chi connectivity index (χ0) is 13.7. The first kappa shape index (κ1) is 13.2. The Morgan fingerprint density at radius 3 is 2.68 bits per heavy atom. The van der Waals surface area contributed by atoms with E-state index >= 15 is 0 Å². The fourth-order valence-electron chi connectivity index (χ4n) is 1.55. The Kier molecular flexibility index (Phi) is 4.22. The molecule has 1 aromatic carbocycles. The van der Waals surface area contributed by atoms with Crippen molar-refractivity contribution in [2.75, 3.05) is 5.32 Å². The Morgan fingerprint density at radius 1 is 1.37 bits per heavy atom. The molecule has 1 amide bonds. The maximum atomic E-state index is 11.8. The minimum Gasteiger partial charge on any atom is -0.392 e. The maximum Gasteiger partial charge on any atom is 0.246 e. The number of nitrogens with one attached hydrogen (secondary N) is 1. The van der Waals surface area contributed by atoms with Crippen LogP contribution in [0.25, 0.3) is 0 Å². The van der Waals surface area contributed by atoms with Crippen molar-refractivity contribution < 1.29 is 9.90 Å². The third-order valence-corrected chi connectivity index (χ3v) is 2.52. The van der Waals surface area contributed by atoms with E-state index in [4.69, 9.17) is 10.8 Å². The predicted molar refractivity (Wildman–Crippen MR) is 68.9 cm³/mol. The molecule has 0 fully saturated rings. The van der Waals surface area contributed by atoms with E-state index in [-0.39, 0.29) is 19.1 Å². The van der Waals surface area contributed by atoms with Crippen LogP contribution >= 0.6 is 0 Å². The molecule has 1 aromatic heterocycles. The average molecular weight is 261 g/mol. The molecule has 0 aliphatic rings. The van der Waals surface area contributed by atoms with Gasteiger partial charge < -0.3 is 16.2 Å². The van der Waals surface area contributed by atoms with E-state index in [9.17, 15) is 4.79 Å². The highest BCUT2D eigenvalue weighted by atomic mass is 16.3. The van der Waals surface area contributed by atoms with Gasteiger partial charge >= 0.3 is 0 Å². The van der Waals surface area contributed by atoms with Gasteiger partial charge in [-0.05, 0) is 17.7 Å². The van der Waals surface area contributed by atoms with Crippen LogP contribution in [0.2, 0.25) is 0 Å². The van der Waals surface area contributed by atoms with E-state index < -0.39 is 0 Å². The Hall–Kier alpha value is -2.25. The number of carbonyl (C=O) groups excluding carboxylic acids is 1. The molecule has 0 atom stereocenters. The van der Waals surface area contributed by atoms with E-state index in [2.05, 4.69) is 15.6 Å². The van der Waals surface area contributed by atoms with Gasteiger partial charge in [0.1, 0.15) is 6.54 Å². The SMILES string of the molecule is NCc1cn(CC(=O)Nc2ccc(CO)cc2)nn1. The molecule has 7 nitrogen and oxygen atoms in total. The molecule has 1 heterocycles. The van der Waals surface area contributed by atoms with Crippen LogP contribution in [0.4, 0.5) is 5.69 Å². The monoisotopic (exact) mass is 261 g/mol. The molecule has 100 valence electrons. The Morgan fingerprint density at radius 2 is 2.11 bits per heavy atom. The highest BCUT2D eigenvalue weighted by Crippen LogP contribution is 2.09. The number of amides is 1. The molecule has 4 N–H and O–H groups in total. The van der Waals surface area contributed by atoms with Crippen LogP contribution in [0.5, 0.6) is 0 Å². The topological polar surface area (TPSA) is 106 Å². The lowest BCUT2D eigenvalue weighted by molar-refractivity contribution is -0.116. The molecule has 19 heavy (non-hydrogen) atoms. The summed E-state index contributed by atoms with van der Waals surface area (Å²) in [7, 11) is 0. The summed E-state index contributed by atoms with van der Waals surface area (Å²) in [5.41, 5.74) is 7.51. The highest BCUT2D eigenvalue weighted by molar-refractivity contribution is 5.90. The number of aliphatic hydroxyl groups excluding tert-OH is 1. The second kappa shape index (κ2) is 6.07. The number of hydrogen-bond donors (Lipinski definition) is 3. The van der Waals surface area contributed by atoms with Crippen LogP contribution < -0.4 is 11.1 Å². The molecule has 2 aromatic rings. The third-order valence-electron chi connectivity index (χ3n) is 2.52. The van der Waals surface area contributed by atoms with Crippen LogP contribution in [0.1, 0.15) is 11.3 Å². The van der Waals surface area contributed by atoms with Gasteiger partial charge in [0.15, 0.2) is 0 Å². The Labute approximate surface area is 110 Å². The van der Waals surface area contributed by atoms with Gasteiger partial charge in [-0.3, -0.25) is 4.79 Å². The first-order valence-corrected chi connectivity index (χ1v) is 5.80. The molecular weight excluding hydrogens is 246 g/mol. The molecule has 0 bridgehead atoms. The average Bonchev–Trinajstić information content (AvgIpc) is 2.87. The summed E-state index contributed by atoms with van der Waals surface area (Å²) in [6.45, 7) is 0.355. The Balaban J connectivity index is 1.93. The van der Waals surface area contributed by atoms with Crippen molar-refractivity contribution in [2.24, 2.45) is 5.73 Å². The first-order chi connectivity index (χ1) is 9.21. The van der Waals surface area contributed by atoms with Crippen LogP contribution in [-0.2, 0) is 24.5 Å². The van der Waals surface area contributed by atoms with Gasteiger partial charge in [-0.1, -0.05) is 17.3 Å². The molecule has 7 heteroatoms. The largest absolute Gasteiger partial charge is 0.392 e. The minimum atomic E-state index is -0.204. The van der Waals surface area contributed by atoms with Gasteiger partial charge in [-0.25, -0.2) is 4.68 Å². The quantitative estimate of drug-likeness (QED) is 0.695. The molecule has 2 rings (SSSR count). The van der Waals surface area contributed by atoms with E-state index in [1.165, 1.54) is 4.68 Å². The van der Waals surface area contributed by atoms with Crippen LogP contribution in [0.3, 0.4) is 0 Å². The van der Waals surface area contributed by atoms with Crippen molar-refractivity contribution in [1.29, 1.82) is 0 Å². The van der Waals surface area contributed by atoms with Crippen molar-refractivity contribution in [2.45, 2.75) is 19.7 Å². The summed E-state index contributed by atoms with van der Waals surface area (Å²) < 4.78 is 1.43. The van der Waals surface area contributed by atoms with E-state index in [0.29, 0.717) is 17.9 Å². The van der Waals surface area contributed by atoms with E-state index in [1.807, 2.05) is 0 Å². The van der Waals surface area contributed by atoms with Crippen molar-refractivity contribution in [3.8, 4) is 0 Å². The number of aliphatic hydroxyl groups is 1. The number of aromatic nitrogens is 3. The van der Waals surface area contributed by atoms with Crippen molar-refractivity contribution in [3.63, 3.8) is 0 Å². The molecule has 0 radical (unpaired) electrons. The molecule has 0 saturated heterocycles. The lowest BCUT2D eigenvalue weighted by atomic mass is 10.2. The van der Waals surface area contributed by atoms with Crippen molar-refractivity contribution >= 4 is 11.6 Å². The number of rotatable bonds is 5. The number of nitrogens with two attached hydrogens (primary N) is 1. The predicted octanol–water partition coefficient (Wildman–Crippen LogP) is -0.132. The van der Waals surface area contributed by atoms with Crippen LogP contribution in [0, 0.1) is 0 Å². The summed E-state index contributed by atoms with van der Waals surface area (Å²) in [5, 5.41) is 19.2. The number of carbonyl (C=O) groups is 1. The zero-order valence-electron chi connectivity index (χ0n) is 10.3. The van der Waals surface area contributed by atoms with Gasteiger partial charge in [0.2, 0.25) is 5.91 Å². The summed E-state index contributed by atoms with van der Waals surface area (Å²) in [5.74, 6) is -0.204. The van der Waals surface area contributed by atoms with Gasteiger partial charge in [-0.15, -0.1) is 5.10 Å². The van der Waals surface area contributed by atoms with Gasteiger partial charge in [0.25, 0.3) is 0 Å². The fraction of sp³-hybridized carbons (Fsp3) is 0.250.